The van der Waals surface area contributed by atoms with Crippen molar-refractivity contribution in [1.29, 1.82) is 0 Å². The molecule has 0 aliphatic carbocycles. The zero-order valence-corrected chi connectivity index (χ0v) is 15.3. The number of nitrogens with one attached hydrogen (secondary N) is 1. The molecule has 1 aliphatic heterocycles. The summed E-state index contributed by atoms with van der Waals surface area (Å²) in [4.78, 5) is 16.7. The smallest absolute Gasteiger partial charge is 0.223 e. The number of piperazine rings is 1. The van der Waals surface area contributed by atoms with Gasteiger partial charge in [0.1, 0.15) is 5.75 Å². The second kappa shape index (κ2) is 9.64. The molecule has 1 heterocycles. The maximum atomic E-state index is 12.3. The van der Waals surface area contributed by atoms with Gasteiger partial charge in [-0.25, -0.2) is 0 Å². The number of benzene rings is 1. The highest BCUT2D eigenvalue weighted by Crippen LogP contribution is 2.15. The fourth-order valence-electron chi connectivity index (χ4n) is 3.23. The molecule has 0 radical (unpaired) electrons. The second-order valence-electron chi connectivity index (χ2n) is 6.41. The van der Waals surface area contributed by atoms with E-state index in [4.69, 9.17) is 4.74 Å². The largest absolute Gasteiger partial charge is 0.497 e. The number of hydrogen-bond acceptors (Lipinski definition) is 4. The Hall–Kier alpha value is -1.59. The molecule has 1 aliphatic rings. The van der Waals surface area contributed by atoms with Crippen LogP contribution in [0.15, 0.2) is 24.3 Å². The molecule has 1 amide bonds. The molecule has 24 heavy (non-hydrogen) atoms. The second-order valence-corrected chi connectivity index (χ2v) is 6.41. The predicted octanol–water partition coefficient (Wildman–Crippen LogP) is 1.77. The number of nitrogens with zero attached hydrogens (tertiary/aromatic N) is 2. The summed E-state index contributed by atoms with van der Waals surface area (Å²) in [5.74, 6) is 1.17. The first-order valence-electron chi connectivity index (χ1n) is 8.99. The van der Waals surface area contributed by atoms with Crippen molar-refractivity contribution >= 4 is 5.91 Å². The van der Waals surface area contributed by atoms with Crippen LogP contribution in [-0.2, 0) is 11.2 Å². The van der Waals surface area contributed by atoms with Gasteiger partial charge in [0, 0.05) is 45.2 Å². The van der Waals surface area contributed by atoms with E-state index < -0.39 is 0 Å². The van der Waals surface area contributed by atoms with Crippen LogP contribution in [0.4, 0.5) is 0 Å². The molecule has 1 N–H and O–H groups in total. The maximum absolute atomic E-state index is 12.3. The molecular formula is C19H31N3O2. The van der Waals surface area contributed by atoms with Crippen molar-refractivity contribution < 1.29 is 9.53 Å². The van der Waals surface area contributed by atoms with E-state index in [9.17, 15) is 4.79 Å². The van der Waals surface area contributed by atoms with Crippen LogP contribution in [-0.4, -0.2) is 68.1 Å². The summed E-state index contributed by atoms with van der Waals surface area (Å²) in [6.45, 7) is 9.71. The zero-order chi connectivity index (χ0) is 17.4. The number of carbonyl (C=O) groups excluding carboxylic acids is 1. The van der Waals surface area contributed by atoms with Gasteiger partial charge in [0.15, 0.2) is 0 Å². The van der Waals surface area contributed by atoms with E-state index in [1.807, 2.05) is 17.0 Å². The van der Waals surface area contributed by atoms with Crippen molar-refractivity contribution in [2.24, 2.45) is 0 Å². The monoisotopic (exact) mass is 333 g/mol. The van der Waals surface area contributed by atoms with Crippen molar-refractivity contribution in [3.8, 4) is 5.75 Å². The van der Waals surface area contributed by atoms with Crippen LogP contribution in [0.1, 0.15) is 25.8 Å². The summed E-state index contributed by atoms with van der Waals surface area (Å²) in [6, 6.07) is 8.67. The van der Waals surface area contributed by atoms with Crippen molar-refractivity contribution in [2.45, 2.75) is 32.7 Å². The summed E-state index contributed by atoms with van der Waals surface area (Å²) in [5, 5.41) is 3.29. The standard InChI is InChI=1S/C19H31N3O2/c1-4-21(12-9-19(23)22-13-10-20-11-14-22)16(2)15-17-5-7-18(24-3)8-6-17/h5-8,16,20H,4,9-15H2,1-3H3. The number of methoxy groups -OCH3 is 1. The van der Waals surface area contributed by atoms with Crippen molar-refractivity contribution in [2.75, 3.05) is 46.4 Å². The number of carbonyl (C=O) groups is 1. The van der Waals surface area contributed by atoms with E-state index in [1.165, 1.54) is 5.56 Å². The van der Waals surface area contributed by atoms with E-state index in [2.05, 4.69) is 36.2 Å². The highest BCUT2D eigenvalue weighted by molar-refractivity contribution is 5.76. The maximum Gasteiger partial charge on any atom is 0.223 e. The van der Waals surface area contributed by atoms with Crippen LogP contribution >= 0.6 is 0 Å². The molecule has 1 unspecified atom stereocenters. The Morgan fingerprint density at radius 2 is 1.96 bits per heavy atom. The third-order valence-electron chi connectivity index (χ3n) is 4.80. The fourth-order valence-corrected chi connectivity index (χ4v) is 3.23. The van der Waals surface area contributed by atoms with Crippen LogP contribution in [0.5, 0.6) is 5.75 Å². The molecular weight excluding hydrogens is 302 g/mol. The molecule has 0 saturated carbocycles. The number of amides is 1. The van der Waals surface area contributed by atoms with Crippen LogP contribution in [0.3, 0.4) is 0 Å². The first kappa shape index (κ1) is 18.7. The zero-order valence-electron chi connectivity index (χ0n) is 15.3. The molecule has 1 atom stereocenters. The van der Waals surface area contributed by atoms with E-state index >= 15 is 0 Å². The van der Waals surface area contributed by atoms with Gasteiger partial charge in [-0.05, 0) is 37.6 Å². The molecule has 2 rings (SSSR count). The Kier molecular flexibility index (Phi) is 7.53. The normalized spacial score (nSPS) is 16.2. The summed E-state index contributed by atoms with van der Waals surface area (Å²) >= 11 is 0. The Bertz CT molecular complexity index is 498. The third-order valence-corrected chi connectivity index (χ3v) is 4.80. The van der Waals surface area contributed by atoms with E-state index in [-0.39, 0.29) is 5.91 Å². The number of likely N-dealkylation sites (N-methyl/N-ethyl adjacent to an activating group) is 1. The number of ether oxygens (including phenoxy) is 1. The summed E-state index contributed by atoms with van der Waals surface area (Å²) < 4.78 is 5.21. The highest BCUT2D eigenvalue weighted by atomic mass is 16.5. The lowest BCUT2D eigenvalue weighted by Crippen LogP contribution is -2.47. The Balaban J connectivity index is 1.81. The summed E-state index contributed by atoms with van der Waals surface area (Å²) in [6.07, 6.45) is 1.60. The minimum absolute atomic E-state index is 0.284. The lowest BCUT2D eigenvalue weighted by Gasteiger charge is -2.31. The van der Waals surface area contributed by atoms with Crippen molar-refractivity contribution in [3.63, 3.8) is 0 Å². The molecule has 134 valence electrons. The van der Waals surface area contributed by atoms with Gasteiger partial charge in [-0.1, -0.05) is 19.1 Å². The Morgan fingerprint density at radius 3 is 2.54 bits per heavy atom. The molecule has 5 nitrogen and oxygen atoms in total. The van der Waals surface area contributed by atoms with E-state index in [0.29, 0.717) is 12.5 Å². The van der Waals surface area contributed by atoms with E-state index in [1.54, 1.807) is 7.11 Å². The number of hydrogen-bond donors (Lipinski definition) is 1. The molecule has 1 fully saturated rings. The average molecular weight is 333 g/mol. The van der Waals surface area contributed by atoms with Crippen LogP contribution in [0.2, 0.25) is 0 Å². The van der Waals surface area contributed by atoms with Gasteiger partial charge in [-0.2, -0.15) is 0 Å². The molecule has 1 saturated heterocycles. The number of rotatable bonds is 8. The van der Waals surface area contributed by atoms with Gasteiger partial charge in [0.05, 0.1) is 7.11 Å². The molecule has 1 aromatic rings. The van der Waals surface area contributed by atoms with Crippen LogP contribution in [0.25, 0.3) is 0 Å². The molecule has 0 aromatic heterocycles. The molecule has 5 heteroatoms. The minimum Gasteiger partial charge on any atom is -0.497 e. The Morgan fingerprint density at radius 1 is 1.29 bits per heavy atom. The SMILES string of the molecule is CCN(CCC(=O)N1CCNCC1)C(C)Cc1ccc(OC)cc1. The van der Waals surface area contributed by atoms with Gasteiger partial charge in [0.25, 0.3) is 0 Å². The highest BCUT2D eigenvalue weighted by Gasteiger charge is 2.19. The first-order chi connectivity index (χ1) is 11.6. The predicted molar refractivity (Wildman–Crippen MR) is 97.5 cm³/mol. The van der Waals surface area contributed by atoms with E-state index in [0.717, 1.165) is 51.4 Å². The van der Waals surface area contributed by atoms with Crippen LogP contribution in [0, 0.1) is 0 Å². The summed E-state index contributed by atoms with van der Waals surface area (Å²) in [7, 11) is 1.69. The van der Waals surface area contributed by atoms with Gasteiger partial charge in [-0.3, -0.25) is 4.79 Å². The summed E-state index contributed by atoms with van der Waals surface area (Å²) in [5.41, 5.74) is 1.30. The average Bonchev–Trinajstić information content (AvgIpc) is 2.63. The lowest BCUT2D eigenvalue weighted by atomic mass is 10.1. The quantitative estimate of drug-likeness (QED) is 0.787. The Labute approximate surface area is 146 Å². The third kappa shape index (κ3) is 5.49. The van der Waals surface area contributed by atoms with Gasteiger partial charge >= 0.3 is 0 Å². The first-order valence-corrected chi connectivity index (χ1v) is 8.99. The molecule has 0 bridgehead atoms. The van der Waals surface area contributed by atoms with Crippen molar-refractivity contribution in [3.05, 3.63) is 29.8 Å². The van der Waals surface area contributed by atoms with Gasteiger partial charge in [-0.15, -0.1) is 0 Å². The lowest BCUT2D eigenvalue weighted by molar-refractivity contribution is -0.132. The van der Waals surface area contributed by atoms with Crippen molar-refractivity contribution in [1.82, 2.24) is 15.1 Å². The minimum atomic E-state index is 0.284. The molecule has 0 spiro atoms. The molecule has 1 aromatic carbocycles. The topological polar surface area (TPSA) is 44.8 Å². The fraction of sp³-hybridized carbons (Fsp3) is 0.632. The van der Waals surface area contributed by atoms with Gasteiger partial charge < -0.3 is 19.9 Å². The van der Waals surface area contributed by atoms with Crippen LogP contribution < -0.4 is 10.1 Å². The van der Waals surface area contributed by atoms with Gasteiger partial charge in [0.2, 0.25) is 5.91 Å².